The molecule has 1 unspecified atom stereocenters. The Hall–Kier alpha value is -1.61. The molecule has 0 saturated carbocycles. The smallest absolute Gasteiger partial charge is 0.138 e. The summed E-state index contributed by atoms with van der Waals surface area (Å²) in [7, 11) is 0. The van der Waals surface area contributed by atoms with Crippen molar-refractivity contribution in [2.75, 3.05) is 0 Å². The van der Waals surface area contributed by atoms with Gasteiger partial charge in [-0.3, -0.25) is 0 Å². The molecule has 0 radical (unpaired) electrons. The third-order valence-corrected chi connectivity index (χ3v) is 4.64. The van der Waals surface area contributed by atoms with Crippen molar-refractivity contribution in [2.45, 2.75) is 59.0 Å². The number of nitrogens with zero attached hydrogens (tertiary/aromatic N) is 1. The van der Waals surface area contributed by atoms with Gasteiger partial charge in [-0.2, -0.15) is 0 Å². The van der Waals surface area contributed by atoms with E-state index in [4.69, 9.17) is 4.52 Å². The van der Waals surface area contributed by atoms with E-state index in [1.807, 2.05) is 13.8 Å². The van der Waals surface area contributed by atoms with Crippen LogP contribution >= 0.6 is 0 Å². The monoisotopic (exact) mass is 284 g/mol. The maximum absolute atomic E-state index is 5.22. The first kappa shape index (κ1) is 14.3. The van der Waals surface area contributed by atoms with Gasteiger partial charge in [0.05, 0.1) is 5.69 Å². The van der Waals surface area contributed by atoms with Crippen LogP contribution in [0.5, 0.6) is 0 Å². The largest absolute Gasteiger partial charge is 0.361 e. The number of aromatic nitrogens is 1. The average molecular weight is 284 g/mol. The molecule has 0 aliphatic heterocycles. The molecule has 0 spiro atoms. The van der Waals surface area contributed by atoms with Gasteiger partial charge < -0.3 is 9.84 Å². The van der Waals surface area contributed by atoms with Crippen molar-refractivity contribution >= 4 is 0 Å². The van der Waals surface area contributed by atoms with Gasteiger partial charge in [0, 0.05) is 18.2 Å². The van der Waals surface area contributed by atoms with E-state index in [0.717, 1.165) is 18.0 Å². The Balaban J connectivity index is 1.69. The first-order valence-electron chi connectivity index (χ1n) is 7.92. The normalized spacial score (nSPS) is 15.8. The number of rotatable bonds is 4. The number of hydrogen-bond donors (Lipinski definition) is 1. The molecule has 0 bridgehead atoms. The van der Waals surface area contributed by atoms with Gasteiger partial charge in [-0.15, -0.1) is 0 Å². The lowest BCUT2D eigenvalue weighted by Crippen LogP contribution is -2.19. The molecule has 3 heteroatoms. The van der Waals surface area contributed by atoms with E-state index in [0.29, 0.717) is 6.04 Å². The predicted molar refractivity (Wildman–Crippen MR) is 84.3 cm³/mol. The molecule has 1 heterocycles. The first-order valence-corrected chi connectivity index (χ1v) is 7.92. The number of hydrogen-bond acceptors (Lipinski definition) is 3. The van der Waals surface area contributed by atoms with Crippen molar-refractivity contribution in [2.24, 2.45) is 0 Å². The number of benzene rings is 1. The molecule has 1 aliphatic carbocycles. The summed E-state index contributed by atoms with van der Waals surface area (Å²) < 4.78 is 5.22. The fourth-order valence-electron chi connectivity index (χ4n) is 3.15. The summed E-state index contributed by atoms with van der Waals surface area (Å²) in [5.41, 5.74) is 6.63. The lowest BCUT2D eigenvalue weighted by molar-refractivity contribution is 0.391. The highest BCUT2D eigenvalue weighted by atomic mass is 16.5. The summed E-state index contributed by atoms with van der Waals surface area (Å²) in [4.78, 5) is 0. The van der Waals surface area contributed by atoms with Gasteiger partial charge in [0.2, 0.25) is 0 Å². The summed E-state index contributed by atoms with van der Waals surface area (Å²) in [6.45, 7) is 7.00. The molecule has 2 aromatic rings. The fourth-order valence-corrected chi connectivity index (χ4v) is 3.15. The lowest BCUT2D eigenvalue weighted by Gasteiger charge is -2.20. The Bertz CT molecular complexity index is 611. The second-order valence-corrected chi connectivity index (χ2v) is 6.14. The van der Waals surface area contributed by atoms with Crippen molar-refractivity contribution in [1.29, 1.82) is 0 Å². The van der Waals surface area contributed by atoms with Crippen LogP contribution in [0.2, 0.25) is 0 Å². The van der Waals surface area contributed by atoms with Crippen LogP contribution in [0, 0.1) is 13.8 Å². The van der Waals surface area contributed by atoms with Gasteiger partial charge in [-0.05, 0) is 63.1 Å². The van der Waals surface area contributed by atoms with Crippen LogP contribution < -0.4 is 5.32 Å². The quantitative estimate of drug-likeness (QED) is 0.921. The van der Waals surface area contributed by atoms with E-state index in [-0.39, 0.29) is 0 Å². The molecule has 1 aliphatic rings. The Labute approximate surface area is 126 Å². The Morgan fingerprint density at radius 2 is 1.95 bits per heavy atom. The average Bonchev–Trinajstić information content (AvgIpc) is 2.83. The molecular weight excluding hydrogens is 260 g/mol. The molecule has 1 aromatic heterocycles. The van der Waals surface area contributed by atoms with Gasteiger partial charge in [0.1, 0.15) is 5.76 Å². The van der Waals surface area contributed by atoms with E-state index in [1.165, 1.54) is 36.8 Å². The van der Waals surface area contributed by atoms with Crippen LogP contribution in [0.1, 0.15) is 59.5 Å². The topological polar surface area (TPSA) is 38.1 Å². The van der Waals surface area contributed by atoms with E-state index >= 15 is 0 Å². The summed E-state index contributed by atoms with van der Waals surface area (Å²) in [5, 5.41) is 7.60. The number of fused-ring (bicyclic) bond motifs is 1. The highest BCUT2D eigenvalue weighted by Crippen LogP contribution is 2.25. The number of nitrogens with one attached hydrogen (secondary N) is 1. The van der Waals surface area contributed by atoms with Crippen LogP contribution in [0.3, 0.4) is 0 Å². The molecule has 0 fully saturated rings. The van der Waals surface area contributed by atoms with E-state index in [1.54, 1.807) is 11.1 Å². The Kier molecular flexibility index (Phi) is 4.11. The summed E-state index contributed by atoms with van der Waals surface area (Å²) in [5.74, 6) is 0.914. The molecule has 1 aromatic carbocycles. The highest BCUT2D eigenvalue weighted by molar-refractivity contribution is 5.35. The summed E-state index contributed by atoms with van der Waals surface area (Å²) in [6.07, 6.45) is 5.15. The van der Waals surface area contributed by atoms with Crippen LogP contribution in [0.4, 0.5) is 0 Å². The van der Waals surface area contributed by atoms with Crippen molar-refractivity contribution in [3.05, 3.63) is 51.9 Å². The van der Waals surface area contributed by atoms with Crippen LogP contribution in [-0.2, 0) is 19.4 Å². The third-order valence-electron chi connectivity index (χ3n) is 4.64. The zero-order chi connectivity index (χ0) is 14.8. The van der Waals surface area contributed by atoms with Gasteiger partial charge in [-0.1, -0.05) is 23.4 Å². The van der Waals surface area contributed by atoms with Crippen molar-refractivity contribution in [3.8, 4) is 0 Å². The molecule has 3 rings (SSSR count). The van der Waals surface area contributed by atoms with Gasteiger partial charge >= 0.3 is 0 Å². The summed E-state index contributed by atoms with van der Waals surface area (Å²) in [6, 6.07) is 7.32. The van der Waals surface area contributed by atoms with Crippen molar-refractivity contribution in [1.82, 2.24) is 10.5 Å². The lowest BCUT2D eigenvalue weighted by atomic mass is 9.89. The Morgan fingerprint density at radius 1 is 1.19 bits per heavy atom. The van der Waals surface area contributed by atoms with Gasteiger partial charge in [0.25, 0.3) is 0 Å². The minimum atomic E-state index is 0.339. The SMILES string of the molecule is Cc1noc(C)c1CNC(C)c1ccc2c(c1)CCCC2. The molecule has 0 saturated heterocycles. The molecule has 1 atom stereocenters. The first-order chi connectivity index (χ1) is 10.1. The minimum Gasteiger partial charge on any atom is -0.361 e. The third kappa shape index (κ3) is 3.03. The van der Waals surface area contributed by atoms with Gasteiger partial charge in [0.15, 0.2) is 0 Å². The second kappa shape index (κ2) is 6.02. The molecule has 3 nitrogen and oxygen atoms in total. The molecular formula is C18H24N2O. The summed E-state index contributed by atoms with van der Waals surface area (Å²) >= 11 is 0. The molecule has 0 amide bonds. The zero-order valence-corrected chi connectivity index (χ0v) is 13.2. The zero-order valence-electron chi connectivity index (χ0n) is 13.2. The molecule has 112 valence electrons. The molecule has 1 N–H and O–H groups in total. The second-order valence-electron chi connectivity index (χ2n) is 6.14. The van der Waals surface area contributed by atoms with E-state index in [2.05, 4.69) is 35.6 Å². The standard InChI is InChI=1S/C18H24N2O/c1-12(19-11-18-13(2)20-21-14(18)3)16-9-8-15-6-4-5-7-17(15)10-16/h8-10,12,19H,4-7,11H2,1-3H3. The van der Waals surface area contributed by atoms with E-state index in [9.17, 15) is 0 Å². The Morgan fingerprint density at radius 3 is 2.67 bits per heavy atom. The van der Waals surface area contributed by atoms with Crippen LogP contribution in [0.15, 0.2) is 22.7 Å². The van der Waals surface area contributed by atoms with Crippen molar-refractivity contribution < 1.29 is 4.52 Å². The molecule has 21 heavy (non-hydrogen) atoms. The maximum Gasteiger partial charge on any atom is 0.138 e. The van der Waals surface area contributed by atoms with Crippen LogP contribution in [0.25, 0.3) is 0 Å². The van der Waals surface area contributed by atoms with Gasteiger partial charge in [-0.25, -0.2) is 0 Å². The highest BCUT2D eigenvalue weighted by Gasteiger charge is 2.14. The minimum absolute atomic E-state index is 0.339. The maximum atomic E-state index is 5.22. The van der Waals surface area contributed by atoms with Crippen molar-refractivity contribution in [3.63, 3.8) is 0 Å². The van der Waals surface area contributed by atoms with E-state index < -0.39 is 0 Å². The van der Waals surface area contributed by atoms with Crippen LogP contribution in [-0.4, -0.2) is 5.16 Å². The predicted octanol–water partition coefficient (Wildman–Crippen LogP) is 4.02. The number of aryl methyl sites for hydroxylation is 4. The fraction of sp³-hybridized carbons (Fsp3) is 0.500.